The van der Waals surface area contributed by atoms with E-state index in [1.807, 2.05) is 30.3 Å². The summed E-state index contributed by atoms with van der Waals surface area (Å²) in [7, 11) is -2.78. The van der Waals surface area contributed by atoms with Crippen LogP contribution >= 0.6 is 0 Å². The van der Waals surface area contributed by atoms with Crippen molar-refractivity contribution in [3.05, 3.63) is 96.6 Å². The number of ether oxygens (including phenoxy) is 1. The first-order valence-corrected chi connectivity index (χ1v) is 13.7. The molecule has 1 fully saturated rings. The third-order valence-corrected chi connectivity index (χ3v) is 11.9. The molecule has 3 aromatic rings. The first-order valence-electron chi connectivity index (χ1n) is 11.8. The van der Waals surface area contributed by atoms with Gasteiger partial charge in [-0.05, 0) is 21.0 Å². The van der Waals surface area contributed by atoms with Gasteiger partial charge in [0.2, 0.25) is 0 Å². The highest BCUT2D eigenvalue weighted by molar-refractivity contribution is 6.99. The molecule has 3 atom stereocenters. The lowest BCUT2D eigenvalue weighted by molar-refractivity contribution is -0.0455. The Bertz CT molecular complexity index is 989. The van der Waals surface area contributed by atoms with Crippen LogP contribution in [0.4, 0.5) is 0 Å². The highest BCUT2D eigenvalue weighted by Gasteiger charge is 2.57. The molecule has 3 nitrogen and oxygen atoms in total. The third kappa shape index (κ3) is 4.45. The molecule has 0 spiro atoms. The molecular weight excluding hydrogens is 424 g/mol. The maximum absolute atomic E-state index is 11.4. The Kier molecular flexibility index (Phi) is 6.65. The Morgan fingerprint density at radius 1 is 0.848 bits per heavy atom. The molecule has 0 bridgehead atoms. The lowest BCUT2D eigenvalue weighted by Crippen LogP contribution is -2.69. The average Bonchev–Trinajstić information content (AvgIpc) is 3.11. The zero-order valence-corrected chi connectivity index (χ0v) is 21.4. The van der Waals surface area contributed by atoms with E-state index in [9.17, 15) is 5.11 Å². The van der Waals surface area contributed by atoms with Crippen LogP contribution in [0.5, 0.6) is 0 Å². The fraction of sp³-hybridized carbons (Fsp3) is 0.379. The second-order valence-corrected chi connectivity index (χ2v) is 15.1. The lowest BCUT2D eigenvalue weighted by atomic mass is 9.85. The van der Waals surface area contributed by atoms with Gasteiger partial charge >= 0.3 is 0 Å². The van der Waals surface area contributed by atoms with Crippen molar-refractivity contribution in [3.63, 3.8) is 0 Å². The molecule has 174 valence electrons. The minimum atomic E-state index is -2.78. The predicted octanol–water partition coefficient (Wildman–Crippen LogP) is 5.09. The van der Waals surface area contributed by atoms with Crippen LogP contribution in [-0.4, -0.2) is 32.2 Å². The zero-order chi connectivity index (χ0) is 23.7. The van der Waals surface area contributed by atoms with Crippen molar-refractivity contribution in [2.24, 2.45) is 5.41 Å². The highest BCUT2D eigenvalue weighted by Crippen LogP contribution is 2.45. The molecule has 0 radical (unpaired) electrons. The van der Waals surface area contributed by atoms with Crippen molar-refractivity contribution in [1.29, 1.82) is 0 Å². The van der Waals surface area contributed by atoms with Gasteiger partial charge in [0.1, 0.15) is 12.2 Å². The number of aliphatic hydroxyl groups excluding tert-OH is 1. The molecule has 1 N–H and O–H groups in total. The number of benzene rings is 3. The van der Waals surface area contributed by atoms with E-state index in [0.29, 0.717) is 6.61 Å². The average molecular weight is 461 g/mol. The summed E-state index contributed by atoms with van der Waals surface area (Å²) in [5.74, 6) is 0. The van der Waals surface area contributed by atoms with Crippen LogP contribution in [0.25, 0.3) is 0 Å². The van der Waals surface area contributed by atoms with Crippen LogP contribution in [-0.2, 0) is 9.16 Å². The van der Waals surface area contributed by atoms with Gasteiger partial charge in [-0.3, -0.25) is 0 Å². The number of hydrogen-bond donors (Lipinski definition) is 1. The Hall–Kier alpha value is -2.24. The summed E-state index contributed by atoms with van der Waals surface area (Å²) in [4.78, 5) is 0. The predicted molar refractivity (Wildman–Crippen MR) is 137 cm³/mol. The molecule has 0 unspecified atom stereocenters. The van der Waals surface area contributed by atoms with Crippen LogP contribution in [0.15, 0.2) is 91.0 Å². The molecule has 1 saturated heterocycles. The first-order chi connectivity index (χ1) is 15.7. The standard InChI is InChI=1S/C29H36O3Si/c1-28(2,3)33(23-17-11-7-12-18-23,24-19-13-8-14-20-24)32-27-26(31-21-29(27,4)5)25(30)22-15-9-6-10-16-22/h6-20,25-27,30H,21H2,1-5H3/t25-,26-,27-/m0/s1. The molecule has 0 aliphatic carbocycles. The van der Waals surface area contributed by atoms with Gasteiger partial charge in [0.15, 0.2) is 0 Å². The molecule has 0 amide bonds. The van der Waals surface area contributed by atoms with Crippen molar-refractivity contribution in [1.82, 2.24) is 0 Å². The summed E-state index contributed by atoms with van der Waals surface area (Å²) in [5.41, 5.74) is 0.615. The molecular formula is C29H36O3Si. The van der Waals surface area contributed by atoms with Gasteiger partial charge in [-0.25, -0.2) is 0 Å². The summed E-state index contributed by atoms with van der Waals surface area (Å²) >= 11 is 0. The van der Waals surface area contributed by atoms with Crippen LogP contribution < -0.4 is 10.4 Å². The second kappa shape index (κ2) is 9.19. The van der Waals surface area contributed by atoms with Gasteiger partial charge in [0.05, 0.1) is 12.7 Å². The highest BCUT2D eigenvalue weighted by atomic mass is 28.4. The van der Waals surface area contributed by atoms with E-state index in [4.69, 9.17) is 9.16 Å². The molecule has 33 heavy (non-hydrogen) atoms. The van der Waals surface area contributed by atoms with E-state index in [0.717, 1.165) is 5.56 Å². The van der Waals surface area contributed by atoms with Crippen LogP contribution in [0, 0.1) is 5.41 Å². The van der Waals surface area contributed by atoms with Gasteiger partial charge in [0, 0.05) is 5.41 Å². The molecule has 3 aromatic carbocycles. The summed E-state index contributed by atoms with van der Waals surface area (Å²) in [6.45, 7) is 11.8. The van der Waals surface area contributed by atoms with Gasteiger partial charge in [-0.15, -0.1) is 0 Å². The minimum Gasteiger partial charge on any atom is -0.401 e. The molecule has 1 aliphatic heterocycles. The normalized spacial score (nSPS) is 21.6. The smallest absolute Gasteiger partial charge is 0.261 e. The van der Waals surface area contributed by atoms with E-state index >= 15 is 0 Å². The second-order valence-electron chi connectivity index (χ2n) is 10.8. The van der Waals surface area contributed by atoms with Crippen molar-refractivity contribution < 1.29 is 14.3 Å². The van der Waals surface area contributed by atoms with Crippen molar-refractivity contribution in [2.75, 3.05) is 6.61 Å². The Labute approximate surface area is 199 Å². The van der Waals surface area contributed by atoms with E-state index in [2.05, 4.69) is 95.3 Å². The summed E-state index contributed by atoms with van der Waals surface area (Å²) < 4.78 is 13.7. The third-order valence-electron chi connectivity index (χ3n) is 6.89. The number of rotatable bonds is 6. The topological polar surface area (TPSA) is 38.7 Å². The quantitative estimate of drug-likeness (QED) is 0.521. The first kappa shape index (κ1) is 23.9. The molecule has 0 aromatic heterocycles. The van der Waals surface area contributed by atoms with Gasteiger partial charge < -0.3 is 14.3 Å². The maximum atomic E-state index is 11.4. The molecule has 4 heteroatoms. The van der Waals surface area contributed by atoms with Crippen LogP contribution in [0.1, 0.15) is 46.3 Å². The van der Waals surface area contributed by atoms with Crippen LogP contribution in [0.3, 0.4) is 0 Å². The van der Waals surface area contributed by atoms with Crippen molar-refractivity contribution >= 4 is 18.7 Å². The number of aliphatic hydroxyl groups is 1. The zero-order valence-electron chi connectivity index (χ0n) is 20.4. The Balaban J connectivity index is 1.85. The van der Waals surface area contributed by atoms with E-state index in [1.165, 1.54) is 10.4 Å². The van der Waals surface area contributed by atoms with Crippen molar-refractivity contribution in [2.45, 2.75) is 58.0 Å². The van der Waals surface area contributed by atoms with Gasteiger partial charge in [-0.1, -0.05) is 126 Å². The Morgan fingerprint density at radius 2 is 1.30 bits per heavy atom. The minimum absolute atomic E-state index is 0.142. The molecule has 4 rings (SSSR count). The SMILES string of the molecule is CC1(C)CO[C@@H]([C@@H](O)c2ccccc2)[C@@H]1O[Si](c1ccccc1)(c1ccccc1)C(C)(C)C. The van der Waals surface area contributed by atoms with E-state index < -0.39 is 20.5 Å². The fourth-order valence-corrected chi connectivity index (χ4v) is 9.98. The molecule has 1 heterocycles. The maximum Gasteiger partial charge on any atom is 0.261 e. The summed E-state index contributed by atoms with van der Waals surface area (Å²) in [6, 6.07) is 31.1. The summed E-state index contributed by atoms with van der Waals surface area (Å²) in [6.07, 6.45) is -1.46. The molecule has 1 aliphatic rings. The monoisotopic (exact) mass is 460 g/mol. The Morgan fingerprint density at radius 3 is 1.76 bits per heavy atom. The van der Waals surface area contributed by atoms with Gasteiger partial charge in [0.25, 0.3) is 8.32 Å². The van der Waals surface area contributed by atoms with Gasteiger partial charge in [-0.2, -0.15) is 0 Å². The lowest BCUT2D eigenvalue weighted by Gasteiger charge is -2.47. The van der Waals surface area contributed by atoms with E-state index in [-0.39, 0.29) is 16.6 Å². The summed E-state index contributed by atoms with van der Waals surface area (Å²) in [5, 5.41) is 13.7. The van der Waals surface area contributed by atoms with Crippen molar-refractivity contribution in [3.8, 4) is 0 Å². The molecule has 0 saturated carbocycles. The fourth-order valence-electron chi connectivity index (χ4n) is 5.13. The largest absolute Gasteiger partial charge is 0.401 e. The van der Waals surface area contributed by atoms with E-state index in [1.54, 1.807) is 0 Å². The van der Waals surface area contributed by atoms with Crippen LogP contribution in [0.2, 0.25) is 5.04 Å². The number of hydrogen-bond acceptors (Lipinski definition) is 3.